The molecule has 0 N–H and O–H groups in total. The Hall–Kier alpha value is 0. The van der Waals surface area contributed by atoms with Gasteiger partial charge in [-0.15, -0.1) is 0 Å². The maximum Gasteiger partial charge on any atom is 0.0305 e. The molecule has 0 aliphatic carbocycles. The van der Waals surface area contributed by atoms with Crippen LogP contribution in [0.5, 0.6) is 0 Å². The zero-order valence-corrected chi connectivity index (χ0v) is 6.71. The highest BCUT2D eigenvalue weighted by molar-refractivity contribution is 4.67. The number of hydrogen-bond acceptors (Lipinski definition) is 0. The van der Waals surface area contributed by atoms with Crippen LogP contribution in [0.4, 0.5) is 0 Å². The molecule has 1 unspecified atom stereocenters. The summed E-state index contributed by atoms with van der Waals surface area (Å²) >= 11 is 0. The van der Waals surface area contributed by atoms with Crippen molar-refractivity contribution in [1.29, 1.82) is 0 Å². The molecule has 1 atom stereocenters. The molecule has 0 amide bonds. The molecule has 0 aromatic rings. The van der Waals surface area contributed by atoms with Gasteiger partial charge in [0, 0.05) is 1.37 Å². The van der Waals surface area contributed by atoms with E-state index in [0.29, 0.717) is 0 Å². The Morgan fingerprint density at radius 3 is 1.88 bits per heavy atom. The summed E-state index contributed by atoms with van der Waals surface area (Å²) in [6.45, 7) is 10.4. The molecule has 50 valence electrons. The van der Waals surface area contributed by atoms with Crippen LogP contribution in [0.2, 0.25) is 0 Å². The van der Waals surface area contributed by atoms with E-state index in [1.165, 1.54) is 0 Å². The zero-order chi connectivity index (χ0) is 7.71. The van der Waals surface area contributed by atoms with E-state index in [1.54, 1.807) is 0 Å². The average Bonchev–Trinajstić information content (AvgIpc) is 1.64. The average molecular weight is 115 g/mol. The highest BCUT2D eigenvalue weighted by Crippen LogP contribution is 2.27. The van der Waals surface area contributed by atoms with E-state index in [9.17, 15) is 0 Å². The van der Waals surface area contributed by atoms with Crippen LogP contribution < -0.4 is 0 Å². The summed E-state index contributed by atoms with van der Waals surface area (Å²) in [5.74, 6) is -0.271. The molecule has 0 heteroatoms. The SMILES string of the molecule is [2H]C(C)(CC)C(C)(C)C. The lowest BCUT2D eigenvalue weighted by Crippen LogP contribution is -2.15. The lowest BCUT2D eigenvalue weighted by molar-refractivity contribution is 0.254. The minimum Gasteiger partial charge on any atom is -0.0651 e. The highest BCUT2D eigenvalue weighted by Gasteiger charge is 2.16. The van der Waals surface area contributed by atoms with E-state index in [4.69, 9.17) is 1.37 Å². The largest absolute Gasteiger partial charge is 0.0651 e. The van der Waals surface area contributed by atoms with Crippen molar-refractivity contribution in [3.63, 3.8) is 0 Å². The summed E-state index contributed by atoms with van der Waals surface area (Å²) in [5, 5.41) is 0. The van der Waals surface area contributed by atoms with Gasteiger partial charge in [0.2, 0.25) is 0 Å². The predicted octanol–water partition coefficient (Wildman–Crippen LogP) is 3.08. The predicted molar refractivity (Wildman–Crippen MR) is 38.9 cm³/mol. The molecule has 0 rings (SSSR count). The summed E-state index contributed by atoms with van der Waals surface area (Å²) in [6.07, 6.45) is 0.927. The van der Waals surface area contributed by atoms with E-state index in [2.05, 4.69) is 27.7 Å². The molecule has 0 aromatic heterocycles. The van der Waals surface area contributed by atoms with Gasteiger partial charge in [0.05, 0.1) is 0 Å². The first-order valence-corrected chi connectivity index (χ1v) is 3.31. The molecule has 0 fully saturated rings. The summed E-state index contributed by atoms with van der Waals surface area (Å²) in [4.78, 5) is 0. The molecule has 0 saturated heterocycles. The van der Waals surface area contributed by atoms with Gasteiger partial charge < -0.3 is 0 Å². The monoisotopic (exact) mass is 115 g/mol. The topological polar surface area (TPSA) is 0 Å². The molecule has 0 radical (unpaired) electrons. The van der Waals surface area contributed by atoms with Crippen LogP contribution in [0.25, 0.3) is 0 Å². The van der Waals surface area contributed by atoms with E-state index in [0.717, 1.165) is 6.42 Å². The van der Waals surface area contributed by atoms with Crippen LogP contribution >= 0.6 is 0 Å². The second-order valence-corrected chi connectivity index (χ2v) is 3.38. The second-order valence-electron chi connectivity index (χ2n) is 3.38. The van der Waals surface area contributed by atoms with Gasteiger partial charge in [-0.3, -0.25) is 0 Å². The van der Waals surface area contributed by atoms with Crippen LogP contribution in [0, 0.1) is 11.3 Å². The lowest BCUT2D eigenvalue weighted by Gasteiger charge is -2.25. The summed E-state index contributed by atoms with van der Waals surface area (Å²) in [6, 6.07) is 0. The van der Waals surface area contributed by atoms with E-state index in [1.807, 2.05) is 6.92 Å². The van der Waals surface area contributed by atoms with Gasteiger partial charge >= 0.3 is 0 Å². The molecular weight excluding hydrogens is 96.1 g/mol. The third-order valence-corrected chi connectivity index (χ3v) is 1.81. The first-order valence-electron chi connectivity index (χ1n) is 3.81. The molecular formula is C8H18. The normalized spacial score (nSPS) is 21.9. The lowest BCUT2D eigenvalue weighted by atomic mass is 9.81. The fourth-order valence-electron chi connectivity index (χ4n) is 0.530. The van der Waals surface area contributed by atoms with Gasteiger partial charge in [0.15, 0.2) is 0 Å². The van der Waals surface area contributed by atoms with Crippen molar-refractivity contribution in [2.24, 2.45) is 11.3 Å². The summed E-state index contributed by atoms with van der Waals surface area (Å²) in [7, 11) is 0. The molecule has 0 aliphatic rings. The van der Waals surface area contributed by atoms with Gasteiger partial charge in [-0.2, -0.15) is 0 Å². The molecule has 0 heterocycles. The Kier molecular flexibility index (Phi) is 1.93. The third kappa shape index (κ3) is 2.34. The van der Waals surface area contributed by atoms with Crippen LogP contribution in [-0.4, -0.2) is 0 Å². The van der Waals surface area contributed by atoms with Gasteiger partial charge in [-0.1, -0.05) is 41.0 Å². The fraction of sp³-hybridized carbons (Fsp3) is 1.00. The maximum atomic E-state index is 7.83. The van der Waals surface area contributed by atoms with Crippen molar-refractivity contribution < 1.29 is 1.37 Å². The van der Waals surface area contributed by atoms with Gasteiger partial charge in [-0.25, -0.2) is 0 Å². The van der Waals surface area contributed by atoms with E-state index < -0.39 is 0 Å². The number of rotatable bonds is 1. The van der Waals surface area contributed by atoms with E-state index >= 15 is 0 Å². The zero-order valence-electron chi connectivity index (χ0n) is 7.71. The molecule has 0 spiro atoms. The van der Waals surface area contributed by atoms with E-state index in [-0.39, 0.29) is 11.3 Å². The van der Waals surface area contributed by atoms with Crippen molar-refractivity contribution in [2.45, 2.75) is 41.0 Å². The Morgan fingerprint density at radius 2 is 1.88 bits per heavy atom. The minimum atomic E-state index is -0.271. The van der Waals surface area contributed by atoms with Crippen molar-refractivity contribution >= 4 is 0 Å². The quantitative estimate of drug-likeness (QED) is 0.492. The van der Waals surface area contributed by atoms with Crippen molar-refractivity contribution in [3.05, 3.63) is 0 Å². The first kappa shape index (κ1) is 6.12. The summed E-state index contributed by atoms with van der Waals surface area (Å²) < 4.78 is 7.83. The van der Waals surface area contributed by atoms with Crippen molar-refractivity contribution in [1.82, 2.24) is 0 Å². The van der Waals surface area contributed by atoms with Crippen molar-refractivity contribution in [2.75, 3.05) is 0 Å². The van der Waals surface area contributed by atoms with Crippen LogP contribution in [0.3, 0.4) is 0 Å². The number of hydrogen-bond donors (Lipinski definition) is 0. The maximum absolute atomic E-state index is 7.83. The first-order chi connectivity index (χ1) is 3.81. The summed E-state index contributed by atoms with van der Waals surface area (Å²) in [5.41, 5.74) is 0.113. The molecule has 0 saturated carbocycles. The smallest absolute Gasteiger partial charge is 0.0305 e. The Bertz CT molecular complexity index is 87.2. The highest BCUT2D eigenvalue weighted by atomic mass is 14.2. The third-order valence-electron chi connectivity index (χ3n) is 1.81. The Balaban J connectivity index is 4.14. The van der Waals surface area contributed by atoms with Crippen LogP contribution in [0.15, 0.2) is 0 Å². The molecule has 0 aliphatic heterocycles. The van der Waals surface area contributed by atoms with Crippen molar-refractivity contribution in [3.8, 4) is 0 Å². The molecule has 0 nitrogen and oxygen atoms in total. The van der Waals surface area contributed by atoms with Crippen LogP contribution in [0.1, 0.15) is 42.4 Å². The van der Waals surface area contributed by atoms with Crippen LogP contribution in [-0.2, 0) is 0 Å². The Morgan fingerprint density at radius 1 is 1.50 bits per heavy atom. The minimum absolute atomic E-state index is 0.113. The molecule has 0 bridgehead atoms. The van der Waals surface area contributed by atoms with Gasteiger partial charge in [-0.05, 0) is 11.3 Å². The molecule has 0 aromatic carbocycles. The second kappa shape index (κ2) is 2.52. The Labute approximate surface area is 54.7 Å². The standard InChI is InChI=1S/C8H18/c1-6-7(2)8(3,4)5/h7H,6H2,1-5H3/i7D. The van der Waals surface area contributed by atoms with Gasteiger partial charge in [0.25, 0.3) is 0 Å². The van der Waals surface area contributed by atoms with Gasteiger partial charge in [0.1, 0.15) is 0 Å². The molecule has 8 heavy (non-hydrogen) atoms. The fourth-order valence-corrected chi connectivity index (χ4v) is 0.530.